The molecule has 1 fully saturated rings. The summed E-state index contributed by atoms with van der Waals surface area (Å²) in [6, 6.07) is 4.74. The number of thiophene rings is 1. The standard InChI is InChI=1S/C15H24BrNOS/c1-12(14-8-9-15(16)19-14)17-10-5-11-18-13-6-3-2-4-7-13/h8-9,12-13,17H,2-7,10-11H2,1H3. The van der Waals surface area contributed by atoms with Crippen molar-refractivity contribution in [2.45, 2.75) is 57.6 Å². The third-order valence-electron chi connectivity index (χ3n) is 3.70. The van der Waals surface area contributed by atoms with Crippen LogP contribution in [-0.2, 0) is 4.74 Å². The van der Waals surface area contributed by atoms with E-state index in [1.165, 1.54) is 40.8 Å². The van der Waals surface area contributed by atoms with Crippen molar-refractivity contribution in [2.24, 2.45) is 0 Å². The third-order valence-corrected chi connectivity index (χ3v) is 5.50. The zero-order chi connectivity index (χ0) is 13.5. The van der Waals surface area contributed by atoms with Gasteiger partial charge in [-0.2, -0.15) is 0 Å². The first kappa shape index (κ1) is 15.5. The summed E-state index contributed by atoms with van der Waals surface area (Å²) < 4.78 is 7.14. The Balaban J connectivity index is 1.54. The molecule has 1 heterocycles. The molecule has 1 atom stereocenters. The van der Waals surface area contributed by atoms with Crippen LogP contribution in [0.25, 0.3) is 0 Å². The van der Waals surface area contributed by atoms with Gasteiger partial charge in [0.05, 0.1) is 9.89 Å². The monoisotopic (exact) mass is 345 g/mol. The van der Waals surface area contributed by atoms with Crippen molar-refractivity contribution < 1.29 is 4.74 Å². The maximum Gasteiger partial charge on any atom is 0.0701 e. The van der Waals surface area contributed by atoms with Gasteiger partial charge in [-0.15, -0.1) is 11.3 Å². The smallest absolute Gasteiger partial charge is 0.0701 e. The molecule has 1 aliphatic carbocycles. The van der Waals surface area contributed by atoms with E-state index >= 15 is 0 Å². The van der Waals surface area contributed by atoms with Gasteiger partial charge in [0.15, 0.2) is 0 Å². The minimum atomic E-state index is 0.436. The predicted octanol–water partition coefficient (Wildman–Crippen LogP) is 4.90. The minimum Gasteiger partial charge on any atom is -0.378 e. The lowest BCUT2D eigenvalue weighted by Crippen LogP contribution is -2.22. The molecule has 2 nitrogen and oxygen atoms in total. The molecule has 1 saturated carbocycles. The fourth-order valence-corrected chi connectivity index (χ4v) is 3.98. The Morgan fingerprint density at radius 3 is 2.84 bits per heavy atom. The van der Waals surface area contributed by atoms with Crippen molar-refractivity contribution in [2.75, 3.05) is 13.2 Å². The Kier molecular flexibility index (Phi) is 6.85. The van der Waals surface area contributed by atoms with Gasteiger partial charge in [0, 0.05) is 17.5 Å². The molecule has 108 valence electrons. The Morgan fingerprint density at radius 1 is 1.37 bits per heavy atom. The lowest BCUT2D eigenvalue weighted by atomic mass is 9.98. The highest BCUT2D eigenvalue weighted by molar-refractivity contribution is 9.11. The van der Waals surface area contributed by atoms with E-state index < -0.39 is 0 Å². The molecule has 0 aliphatic heterocycles. The number of ether oxygens (including phenoxy) is 1. The second kappa shape index (κ2) is 8.40. The first-order valence-electron chi connectivity index (χ1n) is 7.36. The van der Waals surface area contributed by atoms with Crippen molar-refractivity contribution in [1.29, 1.82) is 0 Å². The Bertz CT molecular complexity index is 363. The fourth-order valence-electron chi connectivity index (χ4n) is 2.53. The molecule has 1 aliphatic rings. The van der Waals surface area contributed by atoms with Crippen molar-refractivity contribution in [3.05, 3.63) is 20.8 Å². The second-order valence-corrected chi connectivity index (χ2v) is 7.80. The fraction of sp³-hybridized carbons (Fsp3) is 0.733. The number of nitrogens with one attached hydrogen (secondary N) is 1. The molecule has 0 spiro atoms. The van der Waals surface area contributed by atoms with E-state index in [0.717, 1.165) is 19.6 Å². The van der Waals surface area contributed by atoms with Crippen LogP contribution in [0.5, 0.6) is 0 Å². The molecule has 1 N–H and O–H groups in total. The zero-order valence-corrected chi connectivity index (χ0v) is 14.1. The molecule has 0 aromatic carbocycles. The largest absolute Gasteiger partial charge is 0.378 e. The molecule has 0 amide bonds. The Hall–Kier alpha value is 0.1000. The molecular formula is C15H24BrNOS. The number of halogens is 1. The highest BCUT2D eigenvalue weighted by Crippen LogP contribution is 2.27. The molecule has 0 saturated heterocycles. The number of hydrogen-bond acceptors (Lipinski definition) is 3. The first-order chi connectivity index (χ1) is 9.25. The lowest BCUT2D eigenvalue weighted by molar-refractivity contribution is 0.0271. The Morgan fingerprint density at radius 2 is 2.16 bits per heavy atom. The van der Waals surface area contributed by atoms with Crippen LogP contribution in [0, 0.1) is 0 Å². The summed E-state index contributed by atoms with van der Waals surface area (Å²) in [6.07, 6.45) is 8.29. The van der Waals surface area contributed by atoms with E-state index in [9.17, 15) is 0 Å². The zero-order valence-electron chi connectivity index (χ0n) is 11.7. The lowest BCUT2D eigenvalue weighted by Gasteiger charge is -2.22. The first-order valence-corrected chi connectivity index (χ1v) is 8.97. The summed E-state index contributed by atoms with van der Waals surface area (Å²) in [7, 11) is 0. The third kappa shape index (κ3) is 5.54. The van der Waals surface area contributed by atoms with Crippen molar-refractivity contribution in [3.8, 4) is 0 Å². The summed E-state index contributed by atoms with van der Waals surface area (Å²) in [5.41, 5.74) is 0. The van der Waals surface area contributed by atoms with Crippen molar-refractivity contribution in [3.63, 3.8) is 0 Å². The molecule has 1 aromatic rings. The van der Waals surface area contributed by atoms with E-state index in [1.54, 1.807) is 11.3 Å². The molecule has 1 unspecified atom stereocenters. The molecule has 0 radical (unpaired) electrons. The second-order valence-electron chi connectivity index (χ2n) is 5.30. The van der Waals surface area contributed by atoms with Gasteiger partial charge in [-0.25, -0.2) is 0 Å². The highest BCUT2D eigenvalue weighted by Gasteiger charge is 2.13. The molecule has 0 bridgehead atoms. The van der Waals surface area contributed by atoms with E-state index in [4.69, 9.17) is 4.74 Å². The van der Waals surface area contributed by atoms with Crippen LogP contribution in [-0.4, -0.2) is 19.3 Å². The van der Waals surface area contributed by atoms with Gasteiger partial charge >= 0.3 is 0 Å². The van der Waals surface area contributed by atoms with Gasteiger partial charge in [0.2, 0.25) is 0 Å². The Labute approximate surface area is 129 Å². The van der Waals surface area contributed by atoms with Crippen LogP contribution in [0.2, 0.25) is 0 Å². The van der Waals surface area contributed by atoms with Crippen LogP contribution in [0.3, 0.4) is 0 Å². The maximum absolute atomic E-state index is 5.93. The average molecular weight is 346 g/mol. The van der Waals surface area contributed by atoms with Gasteiger partial charge in [-0.1, -0.05) is 19.3 Å². The van der Waals surface area contributed by atoms with Crippen LogP contribution < -0.4 is 5.32 Å². The molecular weight excluding hydrogens is 322 g/mol. The van der Waals surface area contributed by atoms with Gasteiger partial charge in [-0.3, -0.25) is 0 Å². The number of hydrogen-bond donors (Lipinski definition) is 1. The summed E-state index contributed by atoms with van der Waals surface area (Å²) in [4.78, 5) is 1.39. The number of rotatable bonds is 7. The maximum atomic E-state index is 5.93. The van der Waals surface area contributed by atoms with E-state index in [2.05, 4.69) is 40.3 Å². The predicted molar refractivity (Wildman–Crippen MR) is 85.9 cm³/mol. The van der Waals surface area contributed by atoms with Gasteiger partial charge in [0.1, 0.15) is 0 Å². The van der Waals surface area contributed by atoms with Gasteiger partial charge < -0.3 is 10.1 Å². The molecule has 19 heavy (non-hydrogen) atoms. The molecule has 1 aromatic heterocycles. The summed E-state index contributed by atoms with van der Waals surface area (Å²) in [5.74, 6) is 0. The van der Waals surface area contributed by atoms with Gasteiger partial charge in [0.25, 0.3) is 0 Å². The van der Waals surface area contributed by atoms with E-state index in [0.29, 0.717) is 12.1 Å². The van der Waals surface area contributed by atoms with Crippen LogP contribution >= 0.6 is 27.3 Å². The van der Waals surface area contributed by atoms with Crippen molar-refractivity contribution in [1.82, 2.24) is 5.32 Å². The van der Waals surface area contributed by atoms with Crippen molar-refractivity contribution >= 4 is 27.3 Å². The highest BCUT2D eigenvalue weighted by atomic mass is 79.9. The summed E-state index contributed by atoms with van der Waals surface area (Å²) >= 11 is 5.31. The SMILES string of the molecule is CC(NCCCOC1CCCCC1)c1ccc(Br)s1. The van der Waals surface area contributed by atoms with Crippen LogP contribution in [0.1, 0.15) is 56.4 Å². The molecule has 4 heteroatoms. The van der Waals surface area contributed by atoms with E-state index in [1.807, 2.05) is 0 Å². The normalized spacial score (nSPS) is 18.6. The summed E-state index contributed by atoms with van der Waals surface area (Å²) in [6.45, 7) is 4.15. The molecule has 2 rings (SSSR count). The van der Waals surface area contributed by atoms with Crippen LogP contribution in [0.15, 0.2) is 15.9 Å². The minimum absolute atomic E-state index is 0.436. The van der Waals surface area contributed by atoms with Gasteiger partial charge in [-0.05, 0) is 60.8 Å². The average Bonchev–Trinajstić information content (AvgIpc) is 2.86. The van der Waals surface area contributed by atoms with Crippen LogP contribution in [0.4, 0.5) is 0 Å². The summed E-state index contributed by atoms with van der Waals surface area (Å²) in [5, 5.41) is 3.56. The quantitative estimate of drug-likeness (QED) is 0.709. The topological polar surface area (TPSA) is 21.3 Å². The van der Waals surface area contributed by atoms with E-state index in [-0.39, 0.29) is 0 Å².